The standard InChI is InChI=1S/C19H27BrN2O3/c1-19(2,3)25-18(24)21-13-15-8-10-22(11-9-15)17(23)12-14-4-6-16(20)7-5-14/h4-7,15H,8-13H2,1-3H3,(H,21,24). The molecule has 1 aromatic carbocycles. The smallest absolute Gasteiger partial charge is 0.407 e. The number of alkyl carbamates (subject to hydrolysis) is 1. The molecule has 2 rings (SSSR count). The maximum atomic E-state index is 12.4. The maximum Gasteiger partial charge on any atom is 0.407 e. The van der Waals surface area contributed by atoms with Gasteiger partial charge in [-0.1, -0.05) is 28.1 Å². The highest BCUT2D eigenvalue weighted by Crippen LogP contribution is 2.18. The maximum absolute atomic E-state index is 12.4. The van der Waals surface area contributed by atoms with Crippen molar-refractivity contribution < 1.29 is 14.3 Å². The van der Waals surface area contributed by atoms with Gasteiger partial charge in [0.2, 0.25) is 5.91 Å². The Hall–Kier alpha value is -1.56. The van der Waals surface area contributed by atoms with Gasteiger partial charge in [-0.2, -0.15) is 0 Å². The number of likely N-dealkylation sites (tertiary alicyclic amines) is 1. The molecule has 1 heterocycles. The van der Waals surface area contributed by atoms with Crippen LogP contribution < -0.4 is 5.32 Å². The third-order valence-electron chi connectivity index (χ3n) is 4.17. The normalized spacial score (nSPS) is 15.8. The highest BCUT2D eigenvalue weighted by atomic mass is 79.9. The number of piperidine rings is 1. The molecule has 1 aliphatic heterocycles. The van der Waals surface area contributed by atoms with E-state index in [-0.39, 0.29) is 12.0 Å². The SMILES string of the molecule is CC(C)(C)OC(=O)NCC1CCN(C(=O)Cc2ccc(Br)cc2)CC1. The van der Waals surface area contributed by atoms with E-state index in [4.69, 9.17) is 4.74 Å². The minimum atomic E-state index is -0.479. The van der Waals surface area contributed by atoms with Crippen molar-refractivity contribution in [2.45, 2.75) is 45.6 Å². The van der Waals surface area contributed by atoms with E-state index in [0.29, 0.717) is 18.9 Å². The number of carbonyl (C=O) groups is 2. The Morgan fingerprint density at radius 2 is 1.80 bits per heavy atom. The third kappa shape index (κ3) is 7.06. The van der Waals surface area contributed by atoms with E-state index in [1.54, 1.807) is 0 Å². The summed E-state index contributed by atoms with van der Waals surface area (Å²) in [5.41, 5.74) is 0.550. The average Bonchev–Trinajstić information content (AvgIpc) is 2.54. The predicted molar refractivity (Wildman–Crippen MR) is 101 cm³/mol. The first kappa shape index (κ1) is 19.8. The van der Waals surface area contributed by atoms with Gasteiger partial charge in [-0.3, -0.25) is 4.79 Å². The van der Waals surface area contributed by atoms with Crippen molar-refractivity contribution in [1.82, 2.24) is 10.2 Å². The molecule has 0 unspecified atom stereocenters. The fourth-order valence-corrected chi connectivity index (χ4v) is 3.08. The molecule has 6 heteroatoms. The summed E-state index contributed by atoms with van der Waals surface area (Å²) in [6, 6.07) is 7.85. The minimum absolute atomic E-state index is 0.167. The number of benzene rings is 1. The number of rotatable bonds is 4. The second kappa shape index (κ2) is 8.70. The van der Waals surface area contributed by atoms with Gasteiger partial charge in [-0.25, -0.2) is 4.79 Å². The molecule has 25 heavy (non-hydrogen) atoms. The van der Waals surface area contributed by atoms with E-state index in [9.17, 15) is 9.59 Å². The zero-order chi connectivity index (χ0) is 18.4. The molecule has 0 radical (unpaired) electrons. The van der Waals surface area contributed by atoms with Crippen LogP contribution in [-0.4, -0.2) is 42.1 Å². The minimum Gasteiger partial charge on any atom is -0.444 e. The van der Waals surface area contributed by atoms with Crippen molar-refractivity contribution in [3.05, 3.63) is 34.3 Å². The second-order valence-corrected chi connectivity index (χ2v) is 8.43. The molecule has 2 amide bonds. The van der Waals surface area contributed by atoms with Crippen LogP contribution in [0, 0.1) is 5.92 Å². The molecule has 0 spiro atoms. The van der Waals surface area contributed by atoms with Gasteiger partial charge in [0.1, 0.15) is 5.60 Å². The van der Waals surface area contributed by atoms with Gasteiger partial charge in [0.25, 0.3) is 0 Å². The summed E-state index contributed by atoms with van der Waals surface area (Å²) in [4.78, 5) is 26.0. The van der Waals surface area contributed by atoms with Gasteiger partial charge in [0, 0.05) is 24.1 Å². The Bertz CT molecular complexity index is 588. The van der Waals surface area contributed by atoms with Gasteiger partial charge in [-0.05, 0) is 57.2 Å². The number of hydrogen-bond acceptors (Lipinski definition) is 3. The summed E-state index contributed by atoms with van der Waals surface area (Å²) >= 11 is 3.40. The van der Waals surface area contributed by atoms with Crippen molar-refractivity contribution in [3.8, 4) is 0 Å². The van der Waals surface area contributed by atoms with Crippen molar-refractivity contribution in [2.75, 3.05) is 19.6 Å². The van der Waals surface area contributed by atoms with E-state index in [0.717, 1.165) is 36.0 Å². The first-order valence-corrected chi connectivity index (χ1v) is 9.51. The molecule has 0 bridgehead atoms. The first-order chi connectivity index (χ1) is 11.7. The van der Waals surface area contributed by atoms with Crippen LogP contribution in [0.1, 0.15) is 39.2 Å². The number of halogens is 1. The summed E-state index contributed by atoms with van der Waals surface area (Å²) in [6.07, 6.45) is 1.87. The lowest BCUT2D eigenvalue weighted by atomic mass is 9.96. The molecule has 1 N–H and O–H groups in total. The van der Waals surface area contributed by atoms with E-state index in [1.807, 2.05) is 49.9 Å². The lowest BCUT2D eigenvalue weighted by Crippen LogP contribution is -2.42. The van der Waals surface area contributed by atoms with Gasteiger partial charge in [0.15, 0.2) is 0 Å². The van der Waals surface area contributed by atoms with E-state index < -0.39 is 5.60 Å². The van der Waals surface area contributed by atoms with Crippen LogP contribution in [0.3, 0.4) is 0 Å². The number of nitrogens with one attached hydrogen (secondary N) is 1. The van der Waals surface area contributed by atoms with Gasteiger partial charge < -0.3 is 15.0 Å². The van der Waals surface area contributed by atoms with Crippen LogP contribution in [0.5, 0.6) is 0 Å². The second-order valence-electron chi connectivity index (χ2n) is 7.51. The fraction of sp³-hybridized carbons (Fsp3) is 0.579. The first-order valence-electron chi connectivity index (χ1n) is 8.72. The fourth-order valence-electron chi connectivity index (χ4n) is 2.82. The molecular weight excluding hydrogens is 384 g/mol. The number of ether oxygens (including phenoxy) is 1. The molecule has 0 aliphatic carbocycles. The van der Waals surface area contributed by atoms with E-state index >= 15 is 0 Å². The number of amides is 2. The Kier molecular flexibility index (Phi) is 6.87. The number of nitrogens with zero attached hydrogens (tertiary/aromatic N) is 1. The Morgan fingerprint density at radius 1 is 1.20 bits per heavy atom. The molecule has 1 saturated heterocycles. The molecule has 0 atom stereocenters. The third-order valence-corrected chi connectivity index (χ3v) is 4.70. The largest absolute Gasteiger partial charge is 0.444 e. The zero-order valence-electron chi connectivity index (χ0n) is 15.2. The quantitative estimate of drug-likeness (QED) is 0.821. The summed E-state index contributed by atoms with van der Waals surface area (Å²) in [6.45, 7) is 7.64. The molecule has 1 aliphatic rings. The van der Waals surface area contributed by atoms with Crippen molar-refractivity contribution in [2.24, 2.45) is 5.92 Å². The van der Waals surface area contributed by atoms with Crippen molar-refractivity contribution in [3.63, 3.8) is 0 Å². The molecule has 5 nitrogen and oxygen atoms in total. The average molecular weight is 411 g/mol. The van der Waals surface area contributed by atoms with Gasteiger partial charge in [-0.15, -0.1) is 0 Å². The number of carbonyl (C=O) groups excluding carboxylic acids is 2. The highest BCUT2D eigenvalue weighted by Gasteiger charge is 2.24. The van der Waals surface area contributed by atoms with Gasteiger partial charge in [0.05, 0.1) is 6.42 Å². The molecule has 138 valence electrons. The topological polar surface area (TPSA) is 58.6 Å². The predicted octanol–water partition coefficient (Wildman–Crippen LogP) is 3.75. The Labute approximate surface area is 158 Å². The van der Waals surface area contributed by atoms with Crippen LogP contribution in [0.25, 0.3) is 0 Å². The van der Waals surface area contributed by atoms with Crippen LogP contribution in [-0.2, 0) is 16.0 Å². The summed E-state index contributed by atoms with van der Waals surface area (Å²) in [7, 11) is 0. The van der Waals surface area contributed by atoms with E-state index in [1.165, 1.54) is 0 Å². The summed E-state index contributed by atoms with van der Waals surface area (Å²) < 4.78 is 6.26. The molecule has 0 aromatic heterocycles. The van der Waals surface area contributed by atoms with Crippen molar-refractivity contribution in [1.29, 1.82) is 0 Å². The lowest BCUT2D eigenvalue weighted by molar-refractivity contribution is -0.131. The summed E-state index contributed by atoms with van der Waals surface area (Å²) in [5, 5.41) is 2.83. The molecule has 1 aromatic rings. The van der Waals surface area contributed by atoms with Crippen LogP contribution in [0.2, 0.25) is 0 Å². The zero-order valence-corrected chi connectivity index (χ0v) is 16.8. The molecule has 1 fully saturated rings. The van der Waals surface area contributed by atoms with Crippen LogP contribution >= 0.6 is 15.9 Å². The monoisotopic (exact) mass is 410 g/mol. The van der Waals surface area contributed by atoms with Crippen LogP contribution in [0.15, 0.2) is 28.7 Å². The summed E-state index contributed by atoms with van der Waals surface area (Å²) in [5.74, 6) is 0.560. The molecular formula is C19H27BrN2O3. The van der Waals surface area contributed by atoms with E-state index in [2.05, 4.69) is 21.2 Å². The van der Waals surface area contributed by atoms with Crippen LogP contribution in [0.4, 0.5) is 4.79 Å². The molecule has 0 saturated carbocycles. The highest BCUT2D eigenvalue weighted by molar-refractivity contribution is 9.10. The van der Waals surface area contributed by atoms with Gasteiger partial charge >= 0.3 is 6.09 Å². The number of hydrogen-bond donors (Lipinski definition) is 1. The lowest BCUT2D eigenvalue weighted by Gasteiger charge is -2.32. The Balaban J connectivity index is 1.71. The van der Waals surface area contributed by atoms with Crippen molar-refractivity contribution >= 4 is 27.9 Å². The Morgan fingerprint density at radius 3 is 2.36 bits per heavy atom.